The Morgan fingerprint density at radius 3 is 3.00 bits per heavy atom. The summed E-state index contributed by atoms with van der Waals surface area (Å²) in [7, 11) is 0. The Hall–Kier alpha value is -3.23. The van der Waals surface area contributed by atoms with Crippen LogP contribution in [-0.4, -0.2) is 40.1 Å². The molecule has 0 spiro atoms. The van der Waals surface area contributed by atoms with Gasteiger partial charge in [-0.3, -0.25) is 0 Å². The highest BCUT2D eigenvalue weighted by molar-refractivity contribution is 5.89. The van der Waals surface area contributed by atoms with E-state index >= 15 is 0 Å². The molecule has 1 fully saturated rings. The van der Waals surface area contributed by atoms with Crippen LogP contribution < -0.4 is 10.6 Å². The van der Waals surface area contributed by atoms with Gasteiger partial charge in [-0.25, -0.2) is 14.5 Å². The normalized spacial score (nSPS) is 16.1. The van der Waals surface area contributed by atoms with Gasteiger partial charge >= 0.3 is 6.03 Å². The van der Waals surface area contributed by atoms with Crippen LogP contribution in [-0.2, 0) is 22.6 Å². The summed E-state index contributed by atoms with van der Waals surface area (Å²) in [6, 6.07) is 13.0. The SMILES string of the molecule is O=C(NCc1cccnc1-n1cccn1)Nc1cccc(COC[C@@H]2CCCCO2)c1. The van der Waals surface area contributed by atoms with E-state index < -0.39 is 0 Å². The van der Waals surface area contributed by atoms with Crippen LogP contribution in [0.3, 0.4) is 0 Å². The maximum absolute atomic E-state index is 12.4. The number of amides is 2. The fraction of sp³-hybridized carbons (Fsp3) is 0.348. The molecule has 3 aromatic rings. The van der Waals surface area contributed by atoms with E-state index in [1.54, 1.807) is 17.1 Å². The summed E-state index contributed by atoms with van der Waals surface area (Å²) in [6.45, 7) is 2.24. The fourth-order valence-corrected chi connectivity index (χ4v) is 3.51. The number of pyridine rings is 1. The Balaban J connectivity index is 1.27. The summed E-state index contributed by atoms with van der Waals surface area (Å²) >= 11 is 0. The minimum absolute atomic E-state index is 0.194. The monoisotopic (exact) mass is 421 g/mol. The molecule has 0 bridgehead atoms. The summed E-state index contributed by atoms with van der Waals surface area (Å²) in [5.41, 5.74) is 2.58. The van der Waals surface area contributed by atoms with Crippen LogP contribution in [0.25, 0.3) is 5.82 Å². The second kappa shape index (κ2) is 10.7. The number of urea groups is 1. The number of benzene rings is 1. The molecule has 1 atom stereocenters. The smallest absolute Gasteiger partial charge is 0.319 e. The summed E-state index contributed by atoms with van der Waals surface area (Å²) in [5, 5.41) is 9.96. The molecule has 0 unspecified atom stereocenters. The molecule has 31 heavy (non-hydrogen) atoms. The van der Waals surface area contributed by atoms with Gasteiger partial charge in [0.05, 0.1) is 19.3 Å². The number of carbonyl (C=O) groups is 1. The summed E-state index contributed by atoms with van der Waals surface area (Å²) < 4.78 is 13.2. The first-order valence-electron chi connectivity index (χ1n) is 10.5. The lowest BCUT2D eigenvalue weighted by Gasteiger charge is -2.22. The van der Waals surface area contributed by atoms with Crippen molar-refractivity contribution < 1.29 is 14.3 Å². The molecule has 2 aromatic heterocycles. The molecule has 3 heterocycles. The highest BCUT2D eigenvalue weighted by Crippen LogP contribution is 2.15. The van der Waals surface area contributed by atoms with E-state index in [2.05, 4.69) is 20.7 Å². The number of nitrogens with one attached hydrogen (secondary N) is 2. The van der Waals surface area contributed by atoms with Gasteiger partial charge in [-0.15, -0.1) is 0 Å². The van der Waals surface area contributed by atoms with Crippen molar-refractivity contribution >= 4 is 11.7 Å². The van der Waals surface area contributed by atoms with Crippen molar-refractivity contribution in [2.45, 2.75) is 38.5 Å². The number of rotatable bonds is 8. The van der Waals surface area contributed by atoms with Crippen molar-refractivity contribution in [1.29, 1.82) is 0 Å². The zero-order valence-electron chi connectivity index (χ0n) is 17.4. The standard InChI is InChI=1S/C23H27N5O3/c29-23(25-15-19-7-4-10-24-22(19)28-12-5-11-26-28)27-20-8-3-6-18(14-20)16-30-17-21-9-1-2-13-31-21/h3-8,10-12,14,21H,1-2,9,13,15-17H2,(H2,25,27,29)/t21-/m0/s1. The first-order valence-corrected chi connectivity index (χ1v) is 10.5. The number of aromatic nitrogens is 3. The molecule has 2 N–H and O–H groups in total. The average molecular weight is 422 g/mol. The van der Waals surface area contributed by atoms with Crippen LogP contribution in [0, 0.1) is 0 Å². The van der Waals surface area contributed by atoms with E-state index in [1.807, 2.05) is 48.7 Å². The number of hydrogen-bond acceptors (Lipinski definition) is 5. The quantitative estimate of drug-likeness (QED) is 0.579. The highest BCUT2D eigenvalue weighted by Gasteiger charge is 2.14. The van der Waals surface area contributed by atoms with Gasteiger partial charge in [0.25, 0.3) is 0 Å². The lowest BCUT2D eigenvalue weighted by molar-refractivity contribution is -0.0447. The number of anilines is 1. The molecule has 4 rings (SSSR count). The van der Waals surface area contributed by atoms with Gasteiger partial charge in [0.2, 0.25) is 0 Å². The second-order valence-electron chi connectivity index (χ2n) is 7.45. The molecule has 1 aliphatic rings. The minimum Gasteiger partial charge on any atom is -0.376 e. The van der Waals surface area contributed by atoms with E-state index in [0.717, 1.165) is 30.6 Å². The highest BCUT2D eigenvalue weighted by atomic mass is 16.5. The average Bonchev–Trinajstić information content (AvgIpc) is 3.34. The third kappa shape index (κ3) is 6.13. The molecule has 1 aromatic carbocycles. The largest absolute Gasteiger partial charge is 0.376 e. The van der Waals surface area contributed by atoms with Crippen LogP contribution in [0.5, 0.6) is 0 Å². The lowest BCUT2D eigenvalue weighted by Crippen LogP contribution is -2.28. The van der Waals surface area contributed by atoms with Crippen molar-refractivity contribution in [2.24, 2.45) is 0 Å². The second-order valence-corrected chi connectivity index (χ2v) is 7.45. The van der Waals surface area contributed by atoms with Crippen LogP contribution in [0.15, 0.2) is 61.1 Å². The van der Waals surface area contributed by atoms with Gasteiger partial charge in [0.15, 0.2) is 5.82 Å². The Bertz CT molecular complexity index is 971. The molecule has 1 aliphatic heterocycles. The van der Waals surface area contributed by atoms with E-state index in [0.29, 0.717) is 31.3 Å². The maximum atomic E-state index is 12.4. The lowest BCUT2D eigenvalue weighted by atomic mass is 10.1. The van der Waals surface area contributed by atoms with Crippen molar-refractivity contribution in [3.05, 3.63) is 72.2 Å². The maximum Gasteiger partial charge on any atom is 0.319 e. The molecular weight excluding hydrogens is 394 g/mol. The predicted octanol–water partition coefficient (Wildman–Crippen LogP) is 3.67. The van der Waals surface area contributed by atoms with E-state index in [-0.39, 0.29) is 12.1 Å². The predicted molar refractivity (Wildman–Crippen MR) is 117 cm³/mol. The molecule has 8 nitrogen and oxygen atoms in total. The van der Waals surface area contributed by atoms with Crippen LogP contribution in [0.4, 0.5) is 10.5 Å². The van der Waals surface area contributed by atoms with E-state index in [1.165, 1.54) is 6.42 Å². The molecular formula is C23H27N5O3. The zero-order chi connectivity index (χ0) is 21.3. The van der Waals surface area contributed by atoms with Gasteiger partial charge in [-0.1, -0.05) is 18.2 Å². The number of hydrogen-bond donors (Lipinski definition) is 2. The summed E-state index contributed by atoms with van der Waals surface area (Å²) in [6.07, 6.45) is 8.80. The summed E-state index contributed by atoms with van der Waals surface area (Å²) in [4.78, 5) is 16.8. The first kappa shape index (κ1) is 21.0. The Kier molecular flexibility index (Phi) is 7.25. The molecule has 0 saturated carbocycles. The third-order valence-corrected chi connectivity index (χ3v) is 5.06. The van der Waals surface area contributed by atoms with Gasteiger partial charge in [-0.05, 0) is 49.1 Å². The Labute approximate surface area is 181 Å². The molecule has 2 amide bonds. The van der Waals surface area contributed by atoms with Crippen LogP contribution in [0.2, 0.25) is 0 Å². The topological polar surface area (TPSA) is 90.3 Å². The van der Waals surface area contributed by atoms with Crippen molar-refractivity contribution in [2.75, 3.05) is 18.5 Å². The van der Waals surface area contributed by atoms with E-state index in [4.69, 9.17) is 9.47 Å². The third-order valence-electron chi connectivity index (χ3n) is 5.06. The van der Waals surface area contributed by atoms with Gasteiger partial charge < -0.3 is 20.1 Å². The molecule has 8 heteroatoms. The minimum atomic E-state index is -0.288. The van der Waals surface area contributed by atoms with Crippen LogP contribution >= 0.6 is 0 Å². The summed E-state index contributed by atoms with van der Waals surface area (Å²) in [5.74, 6) is 0.689. The Morgan fingerprint density at radius 2 is 2.16 bits per heavy atom. The molecule has 0 radical (unpaired) electrons. The van der Waals surface area contributed by atoms with Crippen LogP contribution in [0.1, 0.15) is 30.4 Å². The van der Waals surface area contributed by atoms with Crippen molar-refractivity contribution in [1.82, 2.24) is 20.1 Å². The fourth-order valence-electron chi connectivity index (χ4n) is 3.51. The van der Waals surface area contributed by atoms with Gasteiger partial charge in [0, 0.05) is 43.0 Å². The first-order chi connectivity index (χ1) is 15.3. The van der Waals surface area contributed by atoms with E-state index in [9.17, 15) is 4.79 Å². The van der Waals surface area contributed by atoms with Crippen molar-refractivity contribution in [3.63, 3.8) is 0 Å². The molecule has 1 saturated heterocycles. The van der Waals surface area contributed by atoms with Gasteiger partial charge in [0.1, 0.15) is 0 Å². The molecule has 0 aliphatic carbocycles. The van der Waals surface area contributed by atoms with Gasteiger partial charge in [-0.2, -0.15) is 5.10 Å². The van der Waals surface area contributed by atoms with Crippen molar-refractivity contribution in [3.8, 4) is 5.82 Å². The number of ether oxygens (including phenoxy) is 2. The number of carbonyl (C=O) groups excluding carboxylic acids is 1. The Morgan fingerprint density at radius 1 is 1.19 bits per heavy atom. The molecule has 162 valence electrons. The zero-order valence-corrected chi connectivity index (χ0v) is 17.4. The number of nitrogens with zero attached hydrogens (tertiary/aromatic N) is 3.